The predicted molar refractivity (Wildman–Crippen MR) is 113 cm³/mol. The Labute approximate surface area is 190 Å². The molecule has 0 fully saturated rings. The van der Waals surface area contributed by atoms with Crippen LogP contribution in [0, 0.1) is 0 Å². The number of carbonyl (C=O) groups excluding carboxylic acids is 2. The highest BCUT2D eigenvalue weighted by atomic mass is 16.5. The van der Waals surface area contributed by atoms with Crippen LogP contribution >= 0.6 is 0 Å². The number of amides is 4. The van der Waals surface area contributed by atoms with E-state index in [1.165, 1.54) is 76.5 Å². The number of methoxy groups -OCH3 is 8. The van der Waals surface area contributed by atoms with Crippen LogP contribution in [0.5, 0.6) is 0 Å². The molecule has 0 N–H and O–H groups in total. The molecule has 0 saturated carbocycles. The first-order valence-corrected chi connectivity index (χ1v) is 9.41. The Balaban J connectivity index is 0. The van der Waals surface area contributed by atoms with E-state index in [0.29, 0.717) is 0 Å². The Bertz CT molecular complexity index is 361. The summed E-state index contributed by atoms with van der Waals surface area (Å²) < 4.78 is 39.2. The quantitative estimate of drug-likeness (QED) is 0.289. The zero-order valence-electron chi connectivity index (χ0n) is 20.5. The highest BCUT2D eigenvalue weighted by molar-refractivity contribution is 5.74. The Morgan fingerprint density at radius 2 is 0.500 bits per heavy atom. The molecule has 0 aromatic carbocycles. The molecule has 0 aliphatic rings. The van der Waals surface area contributed by atoms with E-state index in [1.807, 2.05) is 0 Å². The van der Waals surface area contributed by atoms with Crippen molar-refractivity contribution >= 4 is 12.1 Å². The second-order valence-electron chi connectivity index (χ2n) is 6.07. The molecule has 0 aliphatic heterocycles. The fraction of sp³-hybridized carbons (Fsp3) is 0.889. The van der Waals surface area contributed by atoms with Crippen molar-refractivity contribution in [1.82, 2.24) is 19.6 Å². The minimum Gasteiger partial charge on any atom is -0.364 e. The van der Waals surface area contributed by atoms with Gasteiger partial charge in [0.1, 0.15) is 53.8 Å². The molecule has 14 nitrogen and oxygen atoms in total. The molecule has 0 spiro atoms. The molecule has 32 heavy (non-hydrogen) atoms. The van der Waals surface area contributed by atoms with E-state index in [0.717, 1.165) is 0 Å². The third kappa shape index (κ3) is 14.3. The van der Waals surface area contributed by atoms with E-state index in [9.17, 15) is 9.59 Å². The number of ether oxygens (including phenoxy) is 8. The molecule has 0 heterocycles. The van der Waals surface area contributed by atoms with Gasteiger partial charge < -0.3 is 37.9 Å². The summed E-state index contributed by atoms with van der Waals surface area (Å²) in [6, 6.07) is -0.542. The van der Waals surface area contributed by atoms with E-state index >= 15 is 0 Å². The van der Waals surface area contributed by atoms with Crippen molar-refractivity contribution < 1.29 is 47.5 Å². The number of urea groups is 2. The van der Waals surface area contributed by atoms with Crippen LogP contribution in [0.1, 0.15) is 0 Å². The van der Waals surface area contributed by atoms with Gasteiger partial charge in [-0.2, -0.15) is 0 Å². The van der Waals surface area contributed by atoms with Crippen molar-refractivity contribution in [2.75, 3.05) is 111 Å². The van der Waals surface area contributed by atoms with E-state index in [4.69, 9.17) is 37.9 Å². The van der Waals surface area contributed by atoms with Crippen molar-refractivity contribution in [3.63, 3.8) is 0 Å². The maximum absolute atomic E-state index is 11.9. The summed E-state index contributed by atoms with van der Waals surface area (Å²) in [6.07, 6.45) is 0. The minimum absolute atomic E-state index is 0.149. The average Bonchev–Trinajstić information content (AvgIpc) is 2.78. The molecule has 0 bridgehead atoms. The van der Waals surface area contributed by atoms with Crippen LogP contribution < -0.4 is 0 Å². The number of rotatable bonds is 16. The standard InChI is InChI=1S/2C9H20N2O5/c2*1-13-5-10(6-14-2)9(12)11(7-15-3)8-16-4/h2*5-8H2,1-4H3. The highest BCUT2D eigenvalue weighted by Gasteiger charge is 2.21. The maximum atomic E-state index is 11.9. The van der Waals surface area contributed by atoms with Gasteiger partial charge in [-0.1, -0.05) is 0 Å². The van der Waals surface area contributed by atoms with E-state index in [-0.39, 0.29) is 65.9 Å². The zero-order chi connectivity index (χ0) is 24.8. The van der Waals surface area contributed by atoms with Crippen LogP contribution in [-0.2, 0) is 37.9 Å². The Morgan fingerprint density at radius 3 is 0.594 bits per heavy atom. The molecule has 0 atom stereocenters. The van der Waals surface area contributed by atoms with E-state index in [2.05, 4.69) is 0 Å². The minimum atomic E-state index is -0.271. The second kappa shape index (κ2) is 22.4. The lowest BCUT2D eigenvalue weighted by molar-refractivity contribution is -0.0342. The van der Waals surface area contributed by atoms with Gasteiger partial charge in [0, 0.05) is 56.9 Å². The van der Waals surface area contributed by atoms with Gasteiger partial charge in [0.15, 0.2) is 0 Å². The summed E-state index contributed by atoms with van der Waals surface area (Å²) >= 11 is 0. The Morgan fingerprint density at radius 1 is 0.375 bits per heavy atom. The molecule has 0 aromatic rings. The summed E-state index contributed by atoms with van der Waals surface area (Å²) in [5.74, 6) is 0. The first kappa shape index (κ1) is 32.4. The largest absolute Gasteiger partial charge is 0.364 e. The first-order chi connectivity index (χ1) is 15.4. The number of carbonyl (C=O) groups is 2. The Kier molecular flexibility index (Phi) is 22.7. The lowest BCUT2D eigenvalue weighted by Crippen LogP contribution is -2.46. The average molecular weight is 473 g/mol. The van der Waals surface area contributed by atoms with Crippen molar-refractivity contribution in [2.45, 2.75) is 0 Å². The van der Waals surface area contributed by atoms with Gasteiger partial charge in [0.25, 0.3) is 0 Å². The van der Waals surface area contributed by atoms with E-state index < -0.39 is 0 Å². The van der Waals surface area contributed by atoms with Crippen LogP contribution in [0.3, 0.4) is 0 Å². The van der Waals surface area contributed by atoms with Gasteiger partial charge in [-0.15, -0.1) is 0 Å². The van der Waals surface area contributed by atoms with Gasteiger partial charge in [-0.25, -0.2) is 9.59 Å². The molecule has 192 valence electrons. The topological polar surface area (TPSA) is 121 Å². The third-order valence-corrected chi connectivity index (χ3v) is 3.36. The first-order valence-electron chi connectivity index (χ1n) is 9.41. The van der Waals surface area contributed by atoms with Crippen LogP contribution in [-0.4, -0.2) is 142 Å². The van der Waals surface area contributed by atoms with Gasteiger partial charge in [-0.3, -0.25) is 19.6 Å². The third-order valence-electron chi connectivity index (χ3n) is 3.36. The van der Waals surface area contributed by atoms with Gasteiger partial charge in [-0.05, 0) is 0 Å². The normalized spacial score (nSPS) is 10.2. The number of nitrogens with zero attached hydrogens (tertiary/aromatic N) is 4. The molecular formula is C18H40N4O10. The molecule has 14 heteroatoms. The predicted octanol–water partition coefficient (Wildman–Crippen LogP) is 0.252. The van der Waals surface area contributed by atoms with Crippen LogP contribution in [0.25, 0.3) is 0 Å². The summed E-state index contributed by atoms with van der Waals surface area (Å²) in [5.41, 5.74) is 0. The molecular weight excluding hydrogens is 432 g/mol. The fourth-order valence-corrected chi connectivity index (χ4v) is 2.24. The zero-order valence-corrected chi connectivity index (χ0v) is 20.5. The molecule has 0 aliphatic carbocycles. The van der Waals surface area contributed by atoms with Gasteiger partial charge in [0.2, 0.25) is 0 Å². The van der Waals surface area contributed by atoms with Crippen LogP contribution in [0.2, 0.25) is 0 Å². The number of hydrogen-bond acceptors (Lipinski definition) is 10. The van der Waals surface area contributed by atoms with Crippen molar-refractivity contribution in [1.29, 1.82) is 0 Å². The second-order valence-corrected chi connectivity index (χ2v) is 6.07. The van der Waals surface area contributed by atoms with Crippen molar-refractivity contribution in [3.05, 3.63) is 0 Å². The van der Waals surface area contributed by atoms with Gasteiger partial charge in [0.05, 0.1) is 0 Å². The Hall–Kier alpha value is -1.78. The lowest BCUT2D eigenvalue weighted by Gasteiger charge is -2.28. The molecule has 0 radical (unpaired) electrons. The highest BCUT2D eigenvalue weighted by Crippen LogP contribution is 2.01. The summed E-state index contributed by atoms with van der Waals surface area (Å²) in [4.78, 5) is 29.4. The molecule has 0 rings (SSSR count). The monoisotopic (exact) mass is 472 g/mol. The molecule has 0 saturated heterocycles. The number of hydrogen-bond donors (Lipinski definition) is 0. The van der Waals surface area contributed by atoms with Crippen LogP contribution in [0.15, 0.2) is 0 Å². The van der Waals surface area contributed by atoms with Gasteiger partial charge >= 0.3 is 12.1 Å². The molecule has 0 unspecified atom stereocenters. The lowest BCUT2D eigenvalue weighted by atomic mass is 10.7. The van der Waals surface area contributed by atoms with E-state index in [1.54, 1.807) is 0 Å². The summed E-state index contributed by atoms with van der Waals surface area (Å²) in [5, 5.41) is 0. The molecule has 0 aromatic heterocycles. The van der Waals surface area contributed by atoms with Crippen molar-refractivity contribution in [3.8, 4) is 0 Å². The summed E-state index contributed by atoms with van der Waals surface area (Å²) in [7, 11) is 12.1. The maximum Gasteiger partial charge on any atom is 0.327 e. The smallest absolute Gasteiger partial charge is 0.327 e. The fourth-order valence-electron chi connectivity index (χ4n) is 2.24. The summed E-state index contributed by atoms with van der Waals surface area (Å²) in [6.45, 7) is 1.20. The van der Waals surface area contributed by atoms with Crippen molar-refractivity contribution in [2.24, 2.45) is 0 Å². The SMILES string of the molecule is COCN(COC)C(=O)N(COC)COC.COCN(COC)C(=O)N(COC)COC. The van der Waals surface area contributed by atoms with Crippen LogP contribution in [0.4, 0.5) is 9.59 Å². The molecule has 4 amide bonds.